The number of carbonyl (C=O) groups excluding carboxylic acids is 1. The monoisotopic (exact) mass is 350 g/mol. The molecule has 1 saturated heterocycles. The summed E-state index contributed by atoms with van der Waals surface area (Å²) < 4.78 is 65.6. The van der Waals surface area contributed by atoms with Crippen molar-refractivity contribution in [3.05, 3.63) is 35.4 Å². The molecule has 1 fully saturated rings. The van der Waals surface area contributed by atoms with Gasteiger partial charge in [0.15, 0.2) is 0 Å². The van der Waals surface area contributed by atoms with Crippen LogP contribution >= 0.6 is 0 Å². The van der Waals surface area contributed by atoms with Gasteiger partial charge in [-0.25, -0.2) is 8.78 Å². The van der Waals surface area contributed by atoms with Crippen LogP contribution in [0.15, 0.2) is 24.3 Å². The van der Waals surface area contributed by atoms with E-state index >= 15 is 0 Å². The first-order valence-electron chi connectivity index (χ1n) is 7.50. The molecular formula is C16H19F5N2O. The fourth-order valence-corrected chi connectivity index (χ4v) is 2.87. The molecule has 0 saturated carbocycles. The summed E-state index contributed by atoms with van der Waals surface area (Å²) in [7, 11) is 0. The van der Waals surface area contributed by atoms with Crippen molar-refractivity contribution in [1.29, 1.82) is 0 Å². The zero-order chi connectivity index (χ0) is 18.2. The second-order valence-corrected chi connectivity index (χ2v) is 6.47. The average molecular weight is 350 g/mol. The van der Waals surface area contributed by atoms with Gasteiger partial charge in [-0.05, 0) is 25.5 Å². The minimum Gasteiger partial charge on any atom is -0.354 e. The van der Waals surface area contributed by atoms with E-state index in [1.165, 1.54) is 25.1 Å². The fourth-order valence-electron chi connectivity index (χ4n) is 2.87. The quantitative estimate of drug-likeness (QED) is 0.818. The summed E-state index contributed by atoms with van der Waals surface area (Å²) in [6.07, 6.45) is -5.00. The predicted molar refractivity (Wildman–Crippen MR) is 78.8 cm³/mol. The summed E-state index contributed by atoms with van der Waals surface area (Å²) in [5, 5.41) is 5.13. The van der Waals surface area contributed by atoms with Crippen molar-refractivity contribution in [2.24, 2.45) is 0 Å². The Labute approximate surface area is 136 Å². The molecule has 8 heteroatoms. The van der Waals surface area contributed by atoms with Gasteiger partial charge in [-0.1, -0.05) is 18.2 Å². The van der Waals surface area contributed by atoms with Crippen LogP contribution in [-0.2, 0) is 11.0 Å². The maximum Gasteiger partial charge on any atom is 0.416 e. The highest BCUT2D eigenvalue weighted by Gasteiger charge is 2.46. The highest BCUT2D eigenvalue weighted by atomic mass is 19.4. The van der Waals surface area contributed by atoms with Crippen molar-refractivity contribution in [3.63, 3.8) is 0 Å². The van der Waals surface area contributed by atoms with Gasteiger partial charge in [-0.15, -0.1) is 0 Å². The first-order valence-corrected chi connectivity index (χ1v) is 7.50. The van der Waals surface area contributed by atoms with Crippen molar-refractivity contribution in [2.75, 3.05) is 13.1 Å². The van der Waals surface area contributed by atoms with E-state index in [2.05, 4.69) is 10.6 Å². The zero-order valence-corrected chi connectivity index (χ0v) is 13.3. The van der Waals surface area contributed by atoms with Gasteiger partial charge >= 0.3 is 6.18 Å². The van der Waals surface area contributed by atoms with Gasteiger partial charge in [0.2, 0.25) is 5.91 Å². The Morgan fingerprint density at radius 1 is 1.33 bits per heavy atom. The normalized spacial score (nSPS) is 24.6. The first-order chi connectivity index (χ1) is 10.9. The maximum absolute atomic E-state index is 13.3. The second kappa shape index (κ2) is 6.31. The topological polar surface area (TPSA) is 41.1 Å². The maximum atomic E-state index is 13.3. The van der Waals surface area contributed by atoms with Crippen LogP contribution in [0.4, 0.5) is 22.0 Å². The molecule has 0 aliphatic carbocycles. The molecule has 1 heterocycles. The number of amides is 1. The lowest BCUT2D eigenvalue weighted by molar-refractivity contribution is -0.138. The van der Waals surface area contributed by atoms with E-state index in [9.17, 15) is 26.7 Å². The van der Waals surface area contributed by atoms with Crippen LogP contribution in [-0.4, -0.2) is 30.5 Å². The highest BCUT2D eigenvalue weighted by molar-refractivity contribution is 5.83. The van der Waals surface area contributed by atoms with Crippen LogP contribution < -0.4 is 10.6 Å². The van der Waals surface area contributed by atoms with Crippen LogP contribution in [0.1, 0.15) is 37.3 Å². The fraction of sp³-hybridized carbons (Fsp3) is 0.562. The number of hydrogen-bond donors (Lipinski definition) is 2. The SMILES string of the molecule is CC(C(=O)NCC1(C)CC(F)(F)CN1)c1ccccc1C(F)(F)F. The molecule has 0 spiro atoms. The van der Waals surface area contributed by atoms with Gasteiger partial charge in [-0.3, -0.25) is 4.79 Å². The van der Waals surface area contributed by atoms with Crippen LogP contribution in [0, 0.1) is 0 Å². The molecule has 2 rings (SSSR count). The summed E-state index contributed by atoms with van der Waals surface area (Å²) in [6.45, 7) is 2.34. The molecule has 2 N–H and O–H groups in total. The minimum atomic E-state index is -4.56. The van der Waals surface area contributed by atoms with Crippen LogP contribution in [0.2, 0.25) is 0 Å². The molecule has 0 aromatic heterocycles. The van der Waals surface area contributed by atoms with E-state index in [0.29, 0.717) is 0 Å². The molecule has 2 unspecified atom stereocenters. The molecule has 1 aromatic rings. The summed E-state index contributed by atoms with van der Waals surface area (Å²) in [4.78, 5) is 12.2. The number of nitrogens with one attached hydrogen (secondary N) is 2. The molecule has 1 aliphatic rings. The Kier molecular flexibility index (Phi) is 4.90. The molecule has 0 radical (unpaired) electrons. The average Bonchev–Trinajstić information content (AvgIpc) is 2.77. The molecular weight excluding hydrogens is 331 g/mol. The third-order valence-corrected chi connectivity index (χ3v) is 4.20. The number of hydrogen-bond acceptors (Lipinski definition) is 2. The summed E-state index contributed by atoms with van der Waals surface area (Å²) >= 11 is 0. The summed E-state index contributed by atoms with van der Waals surface area (Å²) in [6, 6.07) is 4.84. The van der Waals surface area contributed by atoms with Crippen LogP contribution in [0.25, 0.3) is 0 Å². The van der Waals surface area contributed by atoms with Crippen molar-refractivity contribution in [1.82, 2.24) is 10.6 Å². The van der Waals surface area contributed by atoms with Crippen molar-refractivity contribution >= 4 is 5.91 Å². The number of rotatable bonds is 4. The third-order valence-electron chi connectivity index (χ3n) is 4.20. The van der Waals surface area contributed by atoms with Crippen molar-refractivity contribution in [3.8, 4) is 0 Å². The van der Waals surface area contributed by atoms with Crippen LogP contribution in [0.3, 0.4) is 0 Å². The minimum absolute atomic E-state index is 0.0834. The molecule has 2 atom stereocenters. The number of alkyl halides is 5. The highest BCUT2D eigenvalue weighted by Crippen LogP contribution is 2.35. The van der Waals surface area contributed by atoms with Gasteiger partial charge in [0.05, 0.1) is 18.0 Å². The van der Waals surface area contributed by atoms with Gasteiger partial charge < -0.3 is 10.6 Å². The van der Waals surface area contributed by atoms with E-state index in [4.69, 9.17) is 0 Å². The van der Waals surface area contributed by atoms with Crippen molar-refractivity contribution < 1.29 is 26.7 Å². The largest absolute Gasteiger partial charge is 0.416 e. The summed E-state index contributed by atoms with van der Waals surface area (Å²) in [5.41, 5.74) is -2.00. The Hall–Kier alpha value is -1.70. The molecule has 1 aromatic carbocycles. The van der Waals surface area contributed by atoms with Crippen LogP contribution in [0.5, 0.6) is 0 Å². The smallest absolute Gasteiger partial charge is 0.354 e. The van der Waals surface area contributed by atoms with E-state index in [-0.39, 0.29) is 12.1 Å². The van der Waals surface area contributed by atoms with Gasteiger partial charge in [0.25, 0.3) is 5.92 Å². The summed E-state index contributed by atoms with van der Waals surface area (Å²) in [5.74, 6) is -4.54. The van der Waals surface area contributed by atoms with E-state index in [1.807, 2.05) is 0 Å². The Morgan fingerprint density at radius 3 is 2.50 bits per heavy atom. The molecule has 134 valence electrons. The lowest BCUT2D eigenvalue weighted by Crippen LogP contribution is -2.48. The first kappa shape index (κ1) is 18.6. The standard InChI is InChI=1S/C16H19F5N2O/c1-10(11-5-3-4-6-12(11)16(19,20)21)13(24)22-8-14(2)7-15(17,18)9-23-14/h3-6,10,23H,7-9H2,1-2H3,(H,22,24). The molecule has 1 amide bonds. The zero-order valence-electron chi connectivity index (χ0n) is 13.3. The third kappa shape index (κ3) is 4.23. The number of halogens is 5. The van der Waals surface area contributed by atoms with E-state index in [1.54, 1.807) is 6.92 Å². The predicted octanol–water partition coefficient (Wildman–Crippen LogP) is 3.31. The second-order valence-electron chi connectivity index (χ2n) is 6.47. The molecule has 3 nitrogen and oxygen atoms in total. The lowest BCUT2D eigenvalue weighted by atomic mass is 9.93. The number of benzene rings is 1. The Bertz CT molecular complexity index is 617. The van der Waals surface area contributed by atoms with Gasteiger partial charge in [0.1, 0.15) is 0 Å². The van der Waals surface area contributed by atoms with Crippen molar-refractivity contribution in [2.45, 2.75) is 43.8 Å². The van der Waals surface area contributed by atoms with E-state index in [0.717, 1.165) is 6.07 Å². The molecule has 0 bridgehead atoms. The number of carbonyl (C=O) groups is 1. The van der Waals surface area contributed by atoms with Gasteiger partial charge in [-0.2, -0.15) is 13.2 Å². The van der Waals surface area contributed by atoms with E-state index < -0.39 is 48.0 Å². The molecule has 1 aliphatic heterocycles. The van der Waals surface area contributed by atoms with Gasteiger partial charge in [0, 0.05) is 18.5 Å². The Morgan fingerprint density at radius 2 is 1.96 bits per heavy atom. The Balaban J connectivity index is 2.06. The lowest BCUT2D eigenvalue weighted by Gasteiger charge is -2.26. The molecule has 24 heavy (non-hydrogen) atoms.